The summed E-state index contributed by atoms with van der Waals surface area (Å²) in [5, 5.41) is 1.10. The molecule has 1 aliphatic rings. The number of hydrogen-bond donors (Lipinski definition) is 0. The van der Waals surface area contributed by atoms with Crippen molar-refractivity contribution in [3.63, 3.8) is 0 Å². The molecule has 4 heterocycles. The van der Waals surface area contributed by atoms with Gasteiger partial charge < -0.3 is 4.90 Å². The van der Waals surface area contributed by atoms with Gasteiger partial charge in [0.2, 0.25) is 0 Å². The zero-order valence-electron chi connectivity index (χ0n) is 21.9. The summed E-state index contributed by atoms with van der Waals surface area (Å²) in [6.45, 7) is 12.5. The minimum Gasteiger partial charge on any atom is -0.363 e. The van der Waals surface area contributed by atoms with Crippen molar-refractivity contribution in [1.82, 2.24) is 24.1 Å². The molecule has 3 aromatic heterocycles. The van der Waals surface area contributed by atoms with Gasteiger partial charge in [0.1, 0.15) is 0 Å². The summed E-state index contributed by atoms with van der Waals surface area (Å²) in [6.07, 6.45) is 3.54. The number of thiazole rings is 1. The van der Waals surface area contributed by atoms with Gasteiger partial charge in [-0.05, 0) is 51.8 Å². The van der Waals surface area contributed by atoms with E-state index in [0.29, 0.717) is 18.5 Å². The van der Waals surface area contributed by atoms with Gasteiger partial charge in [0.15, 0.2) is 5.65 Å². The second-order valence-corrected chi connectivity index (χ2v) is 11.0. The molecule has 8 heteroatoms. The molecule has 188 valence electrons. The Labute approximate surface area is 216 Å². The molecule has 1 aliphatic heterocycles. The molecule has 4 aromatic rings. The van der Waals surface area contributed by atoms with Gasteiger partial charge in [0.05, 0.1) is 39.2 Å². The van der Waals surface area contributed by atoms with Gasteiger partial charge in [-0.25, -0.2) is 19.2 Å². The fraction of sp³-hybridized carbons (Fsp3) is 0.464. The molecular formula is C28H34N6OS. The maximum Gasteiger partial charge on any atom is 0.267 e. The predicted molar refractivity (Wildman–Crippen MR) is 148 cm³/mol. The van der Waals surface area contributed by atoms with Crippen LogP contribution in [0.2, 0.25) is 0 Å². The lowest BCUT2D eigenvalue weighted by molar-refractivity contribution is 0.106. The quantitative estimate of drug-likeness (QED) is 0.374. The molecule has 1 saturated heterocycles. The van der Waals surface area contributed by atoms with E-state index in [1.165, 1.54) is 10.3 Å². The molecule has 0 amide bonds. The number of benzene rings is 1. The summed E-state index contributed by atoms with van der Waals surface area (Å²) in [6, 6.07) is 9.33. The minimum absolute atomic E-state index is 0.0350. The van der Waals surface area contributed by atoms with Gasteiger partial charge in [-0.3, -0.25) is 9.69 Å². The molecule has 0 aliphatic carbocycles. The highest BCUT2D eigenvalue weighted by atomic mass is 32.1. The Balaban J connectivity index is 1.47. The number of rotatable bonds is 5. The fourth-order valence-corrected chi connectivity index (χ4v) is 6.30. The highest BCUT2D eigenvalue weighted by Crippen LogP contribution is 2.34. The van der Waals surface area contributed by atoms with Crippen molar-refractivity contribution < 1.29 is 0 Å². The average molecular weight is 503 g/mol. The van der Waals surface area contributed by atoms with Crippen LogP contribution >= 0.6 is 11.3 Å². The Kier molecular flexibility index (Phi) is 6.62. The number of aryl methyl sites for hydroxylation is 2. The first-order valence-corrected chi connectivity index (χ1v) is 13.5. The van der Waals surface area contributed by atoms with Crippen LogP contribution in [0.15, 0.2) is 35.3 Å². The minimum atomic E-state index is -0.0350. The Morgan fingerprint density at radius 2 is 2.03 bits per heavy atom. The van der Waals surface area contributed by atoms with Gasteiger partial charge in [0.25, 0.3) is 5.56 Å². The highest BCUT2D eigenvalue weighted by molar-refractivity contribution is 7.18. The molecule has 1 fully saturated rings. The first kappa shape index (κ1) is 24.5. The van der Waals surface area contributed by atoms with Gasteiger partial charge in [0, 0.05) is 44.3 Å². The molecule has 0 N–H and O–H groups in total. The average Bonchev–Trinajstić information content (AvgIpc) is 3.46. The van der Waals surface area contributed by atoms with E-state index >= 15 is 0 Å². The van der Waals surface area contributed by atoms with Crippen molar-refractivity contribution >= 4 is 32.9 Å². The maximum absolute atomic E-state index is 12.9. The third-order valence-electron chi connectivity index (χ3n) is 7.48. The molecule has 36 heavy (non-hydrogen) atoms. The fourth-order valence-electron chi connectivity index (χ4n) is 5.42. The summed E-state index contributed by atoms with van der Waals surface area (Å²) in [5.41, 5.74) is 4.99. The first-order chi connectivity index (χ1) is 17.3. The topological polar surface area (TPSA) is 58.7 Å². The van der Waals surface area contributed by atoms with E-state index in [2.05, 4.69) is 72.5 Å². The SMILES string of the molecule is CC#CCc1cn2c(n1)c(N1C[C@@H](CC)N(C(C)c3ccc4nc(C)sc4c3)C[C@@H]1C)cc(=O)n2C. The second-order valence-electron chi connectivity index (χ2n) is 9.79. The first-order valence-electron chi connectivity index (χ1n) is 12.7. The van der Waals surface area contributed by atoms with Gasteiger partial charge >= 0.3 is 0 Å². The van der Waals surface area contributed by atoms with Crippen molar-refractivity contribution in [3.8, 4) is 11.8 Å². The number of fused-ring (bicyclic) bond motifs is 2. The molecule has 5 rings (SSSR count). The zero-order valence-corrected chi connectivity index (χ0v) is 22.8. The van der Waals surface area contributed by atoms with Crippen LogP contribution in [0.3, 0.4) is 0 Å². The lowest BCUT2D eigenvalue weighted by Gasteiger charge is -2.48. The lowest BCUT2D eigenvalue weighted by Crippen LogP contribution is -2.58. The van der Waals surface area contributed by atoms with Gasteiger partial charge in [-0.2, -0.15) is 0 Å². The predicted octanol–water partition coefficient (Wildman–Crippen LogP) is 4.57. The van der Waals surface area contributed by atoms with Crippen molar-refractivity contribution in [2.24, 2.45) is 7.05 Å². The molecular weight excluding hydrogens is 468 g/mol. The Morgan fingerprint density at radius 1 is 1.22 bits per heavy atom. The smallest absolute Gasteiger partial charge is 0.267 e. The van der Waals surface area contributed by atoms with E-state index in [-0.39, 0.29) is 11.6 Å². The van der Waals surface area contributed by atoms with E-state index < -0.39 is 0 Å². The van der Waals surface area contributed by atoms with Crippen LogP contribution in [0.25, 0.3) is 15.9 Å². The number of nitrogens with zero attached hydrogens (tertiary/aromatic N) is 6. The van der Waals surface area contributed by atoms with Crippen LogP contribution in [0.4, 0.5) is 5.69 Å². The summed E-state index contributed by atoms with van der Waals surface area (Å²) in [5.74, 6) is 6.03. The standard InChI is InChI=1S/C28H34N6OS/c1-7-9-10-22-16-34-28(30-22)25(14-27(35)31(34)6)32-17-23(8-2)33(15-18(32)3)19(4)21-11-12-24-26(13-21)36-20(5)29-24/h11-14,16,18-19,23H,8,10,15,17H2,1-6H3/t18-,19?,23+/m0/s1. The van der Waals surface area contributed by atoms with E-state index in [1.54, 1.807) is 29.1 Å². The molecule has 0 spiro atoms. The molecule has 1 aromatic carbocycles. The van der Waals surface area contributed by atoms with Crippen molar-refractivity contribution in [2.75, 3.05) is 18.0 Å². The molecule has 0 radical (unpaired) electrons. The van der Waals surface area contributed by atoms with E-state index in [0.717, 1.165) is 47.1 Å². The number of piperazine rings is 1. The maximum atomic E-state index is 12.9. The number of imidazole rings is 1. The van der Waals surface area contributed by atoms with Crippen LogP contribution in [-0.2, 0) is 13.5 Å². The summed E-state index contributed by atoms with van der Waals surface area (Å²) >= 11 is 1.76. The second kappa shape index (κ2) is 9.72. The third-order valence-corrected chi connectivity index (χ3v) is 8.41. The lowest BCUT2D eigenvalue weighted by atomic mass is 9.98. The summed E-state index contributed by atoms with van der Waals surface area (Å²) in [4.78, 5) is 27.4. The van der Waals surface area contributed by atoms with E-state index in [4.69, 9.17) is 4.98 Å². The molecule has 3 atom stereocenters. The van der Waals surface area contributed by atoms with Gasteiger partial charge in [-0.15, -0.1) is 17.3 Å². The van der Waals surface area contributed by atoms with Crippen LogP contribution in [0.1, 0.15) is 56.4 Å². The van der Waals surface area contributed by atoms with Crippen molar-refractivity contribution in [1.29, 1.82) is 0 Å². The highest BCUT2D eigenvalue weighted by Gasteiger charge is 2.35. The monoisotopic (exact) mass is 502 g/mol. The van der Waals surface area contributed by atoms with Crippen LogP contribution < -0.4 is 10.5 Å². The Hall–Kier alpha value is -3.15. The largest absolute Gasteiger partial charge is 0.363 e. The molecule has 7 nitrogen and oxygen atoms in total. The zero-order chi connectivity index (χ0) is 25.6. The molecule has 1 unspecified atom stereocenters. The number of aromatic nitrogens is 4. The summed E-state index contributed by atoms with van der Waals surface area (Å²) < 4.78 is 4.74. The van der Waals surface area contributed by atoms with Crippen LogP contribution in [0, 0.1) is 18.8 Å². The Bertz CT molecular complexity index is 1540. The number of anilines is 1. The summed E-state index contributed by atoms with van der Waals surface area (Å²) in [7, 11) is 1.79. The molecule has 0 saturated carbocycles. The Morgan fingerprint density at radius 3 is 2.78 bits per heavy atom. The van der Waals surface area contributed by atoms with Crippen LogP contribution in [0.5, 0.6) is 0 Å². The van der Waals surface area contributed by atoms with Crippen molar-refractivity contribution in [2.45, 2.75) is 65.6 Å². The van der Waals surface area contributed by atoms with Gasteiger partial charge in [-0.1, -0.05) is 18.9 Å². The van der Waals surface area contributed by atoms with E-state index in [1.807, 2.05) is 17.6 Å². The third kappa shape index (κ3) is 4.31. The normalized spacial score (nSPS) is 19.6. The van der Waals surface area contributed by atoms with Crippen LogP contribution in [-0.4, -0.2) is 49.2 Å². The molecule has 0 bridgehead atoms. The number of hydrogen-bond acceptors (Lipinski definition) is 6. The van der Waals surface area contributed by atoms with E-state index in [9.17, 15) is 4.79 Å². The van der Waals surface area contributed by atoms with Crippen molar-refractivity contribution in [3.05, 3.63) is 57.1 Å².